The predicted molar refractivity (Wildman–Crippen MR) is 59.7 cm³/mol. The fraction of sp³-hybridized carbons (Fsp3) is 0. The van der Waals surface area contributed by atoms with Gasteiger partial charge in [-0.25, -0.2) is 9.78 Å². The molecule has 0 radical (unpaired) electrons. The number of fused-ring (bicyclic) bond motifs is 1. The van der Waals surface area contributed by atoms with Gasteiger partial charge in [0.15, 0.2) is 0 Å². The number of amides is 1. The summed E-state index contributed by atoms with van der Waals surface area (Å²) < 4.78 is 5.62. The Kier molecular flexibility index (Phi) is 2.55. The predicted octanol–water partition coefficient (Wildman–Crippen LogP) is 2.45. The average molecular weight is 267 g/mol. The van der Waals surface area contributed by atoms with Gasteiger partial charge in [0.05, 0.1) is 0 Å². The first-order valence-electron chi connectivity index (χ1n) is 4.18. The lowest BCUT2D eigenvalue weighted by Gasteiger charge is -2.02. The van der Waals surface area contributed by atoms with Gasteiger partial charge < -0.3 is 10.5 Å². The highest BCUT2D eigenvalue weighted by Gasteiger charge is 2.02. The number of hydrogen-bond donors (Lipinski definition) is 1. The first-order chi connectivity index (χ1) is 7.15. The summed E-state index contributed by atoms with van der Waals surface area (Å²) in [6.45, 7) is 0. The van der Waals surface area contributed by atoms with Crippen LogP contribution in [-0.4, -0.2) is 11.1 Å². The Balaban J connectivity index is 2.49. The second kappa shape index (κ2) is 3.86. The summed E-state index contributed by atoms with van der Waals surface area (Å²) in [4.78, 5) is 14.5. The molecule has 4 nitrogen and oxygen atoms in total. The largest absolute Gasteiger partial charge is 0.411 e. The Labute approximate surface area is 94.2 Å². The van der Waals surface area contributed by atoms with Crippen LogP contribution in [0.15, 0.2) is 34.9 Å². The smallest absolute Gasteiger partial charge is 0.391 e. The molecule has 2 aromatic rings. The van der Waals surface area contributed by atoms with Crippen LogP contribution in [0.3, 0.4) is 0 Å². The molecule has 1 heterocycles. The summed E-state index contributed by atoms with van der Waals surface area (Å²) in [5.41, 5.74) is 4.89. The van der Waals surface area contributed by atoms with Crippen LogP contribution in [-0.2, 0) is 0 Å². The molecule has 0 bridgehead atoms. The molecule has 0 aliphatic rings. The Morgan fingerprint density at radius 3 is 2.87 bits per heavy atom. The van der Waals surface area contributed by atoms with Gasteiger partial charge in [0.25, 0.3) is 0 Å². The molecule has 0 aliphatic heterocycles. The maximum absolute atomic E-state index is 10.5. The van der Waals surface area contributed by atoms with E-state index in [9.17, 15) is 4.79 Å². The van der Waals surface area contributed by atoms with E-state index in [0.29, 0.717) is 0 Å². The number of primary amides is 1. The van der Waals surface area contributed by atoms with Crippen molar-refractivity contribution < 1.29 is 9.53 Å². The van der Waals surface area contributed by atoms with Gasteiger partial charge in [-0.05, 0) is 17.5 Å². The maximum Gasteiger partial charge on any atom is 0.411 e. The van der Waals surface area contributed by atoms with Crippen molar-refractivity contribution in [3.05, 3.63) is 34.9 Å². The lowest BCUT2D eigenvalue weighted by atomic mass is 10.2. The van der Waals surface area contributed by atoms with Crippen molar-refractivity contribution >= 4 is 32.8 Å². The summed E-state index contributed by atoms with van der Waals surface area (Å²) in [5.74, 6) is 0.202. The Morgan fingerprint density at radius 1 is 1.33 bits per heavy atom. The summed E-state index contributed by atoms with van der Waals surface area (Å²) >= 11 is 3.35. The zero-order valence-electron chi connectivity index (χ0n) is 7.61. The second-order valence-corrected chi connectivity index (χ2v) is 3.85. The van der Waals surface area contributed by atoms with Crippen molar-refractivity contribution in [2.45, 2.75) is 0 Å². The first kappa shape index (κ1) is 9.92. The van der Waals surface area contributed by atoms with Gasteiger partial charge in [0.2, 0.25) is 5.88 Å². The van der Waals surface area contributed by atoms with Crippen molar-refractivity contribution in [3.8, 4) is 5.88 Å². The van der Waals surface area contributed by atoms with E-state index < -0.39 is 6.09 Å². The van der Waals surface area contributed by atoms with Gasteiger partial charge in [-0.15, -0.1) is 0 Å². The Morgan fingerprint density at radius 2 is 2.13 bits per heavy atom. The van der Waals surface area contributed by atoms with Gasteiger partial charge in [0.1, 0.15) is 0 Å². The van der Waals surface area contributed by atoms with Crippen LogP contribution in [0.25, 0.3) is 10.8 Å². The molecule has 2 N–H and O–H groups in total. The Hall–Kier alpha value is -1.62. The third-order valence-electron chi connectivity index (χ3n) is 1.86. The van der Waals surface area contributed by atoms with Gasteiger partial charge in [0, 0.05) is 22.1 Å². The van der Waals surface area contributed by atoms with Crippen molar-refractivity contribution in [2.75, 3.05) is 0 Å². The lowest BCUT2D eigenvalue weighted by Crippen LogP contribution is -2.16. The van der Waals surface area contributed by atoms with E-state index in [1.54, 1.807) is 12.3 Å². The molecule has 0 unspecified atom stereocenters. The Bertz CT molecular complexity index is 528. The molecule has 1 aromatic carbocycles. The number of aromatic nitrogens is 1. The monoisotopic (exact) mass is 266 g/mol. The molecule has 0 saturated heterocycles. The SMILES string of the molecule is NC(=O)Oc1cc2cc(Br)ccc2cn1. The number of nitrogens with two attached hydrogens (primary N) is 1. The zero-order chi connectivity index (χ0) is 10.8. The highest BCUT2D eigenvalue weighted by molar-refractivity contribution is 9.10. The molecule has 1 aromatic heterocycles. The molecular formula is C10H7BrN2O2. The normalized spacial score (nSPS) is 10.2. The number of pyridine rings is 1. The topological polar surface area (TPSA) is 65.2 Å². The van der Waals surface area contributed by atoms with Crippen molar-refractivity contribution in [1.82, 2.24) is 4.98 Å². The summed E-state index contributed by atoms with van der Waals surface area (Å²) in [5, 5.41) is 1.89. The average Bonchev–Trinajstić information content (AvgIpc) is 2.16. The first-order valence-corrected chi connectivity index (χ1v) is 4.97. The zero-order valence-corrected chi connectivity index (χ0v) is 9.19. The third-order valence-corrected chi connectivity index (χ3v) is 2.36. The number of carbonyl (C=O) groups is 1. The van der Waals surface area contributed by atoms with Crippen LogP contribution in [0, 0.1) is 0 Å². The third kappa shape index (κ3) is 2.24. The molecule has 1 amide bonds. The van der Waals surface area contributed by atoms with Gasteiger partial charge >= 0.3 is 6.09 Å². The highest BCUT2D eigenvalue weighted by atomic mass is 79.9. The van der Waals surface area contributed by atoms with Crippen LogP contribution in [0.4, 0.5) is 4.79 Å². The van der Waals surface area contributed by atoms with E-state index in [1.807, 2.05) is 18.2 Å². The van der Waals surface area contributed by atoms with Crippen LogP contribution < -0.4 is 10.5 Å². The lowest BCUT2D eigenvalue weighted by molar-refractivity contribution is 0.209. The van der Waals surface area contributed by atoms with E-state index in [0.717, 1.165) is 15.2 Å². The number of benzene rings is 1. The van der Waals surface area contributed by atoms with Gasteiger partial charge in [-0.3, -0.25) is 0 Å². The fourth-order valence-corrected chi connectivity index (χ4v) is 1.63. The fourth-order valence-electron chi connectivity index (χ4n) is 1.25. The number of ether oxygens (including phenoxy) is 1. The quantitative estimate of drug-likeness (QED) is 0.863. The van der Waals surface area contributed by atoms with Crippen LogP contribution in [0.1, 0.15) is 0 Å². The molecule has 0 fully saturated rings. The molecule has 0 atom stereocenters. The van der Waals surface area contributed by atoms with E-state index in [4.69, 9.17) is 5.73 Å². The van der Waals surface area contributed by atoms with Crippen molar-refractivity contribution in [3.63, 3.8) is 0 Å². The van der Waals surface area contributed by atoms with Gasteiger partial charge in [-0.2, -0.15) is 0 Å². The van der Waals surface area contributed by atoms with Crippen LogP contribution in [0.2, 0.25) is 0 Å². The van der Waals surface area contributed by atoms with Crippen molar-refractivity contribution in [1.29, 1.82) is 0 Å². The summed E-state index contributed by atoms with van der Waals surface area (Å²) in [6.07, 6.45) is 0.761. The maximum atomic E-state index is 10.5. The van der Waals surface area contributed by atoms with E-state index in [2.05, 4.69) is 25.7 Å². The minimum atomic E-state index is -0.864. The second-order valence-electron chi connectivity index (χ2n) is 2.94. The van der Waals surface area contributed by atoms with E-state index >= 15 is 0 Å². The summed E-state index contributed by atoms with van der Waals surface area (Å²) in [6, 6.07) is 7.40. The molecule has 0 aliphatic carbocycles. The van der Waals surface area contributed by atoms with Gasteiger partial charge in [-0.1, -0.05) is 22.0 Å². The van der Waals surface area contributed by atoms with E-state index in [-0.39, 0.29) is 5.88 Å². The number of halogens is 1. The number of nitrogens with zero attached hydrogens (tertiary/aromatic N) is 1. The molecule has 2 rings (SSSR count). The number of rotatable bonds is 1. The van der Waals surface area contributed by atoms with Crippen LogP contribution >= 0.6 is 15.9 Å². The molecule has 15 heavy (non-hydrogen) atoms. The molecular weight excluding hydrogens is 260 g/mol. The standard InChI is InChI=1S/C10H7BrN2O2/c11-8-2-1-6-5-13-9(15-10(12)14)4-7(6)3-8/h1-5H,(H2,12,14). The number of hydrogen-bond acceptors (Lipinski definition) is 3. The summed E-state index contributed by atoms with van der Waals surface area (Å²) in [7, 11) is 0. The minimum Gasteiger partial charge on any atom is -0.391 e. The molecule has 5 heteroatoms. The highest BCUT2D eigenvalue weighted by Crippen LogP contribution is 2.22. The van der Waals surface area contributed by atoms with Crippen molar-refractivity contribution in [2.24, 2.45) is 5.73 Å². The van der Waals surface area contributed by atoms with Crippen LogP contribution in [0.5, 0.6) is 5.88 Å². The minimum absolute atomic E-state index is 0.202. The molecule has 76 valence electrons. The molecule has 0 spiro atoms. The molecule has 0 saturated carbocycles. The number of carbonyl (C=O) groups excluding carboxylic acids is 1. The van der Waals surface area contributed by atoms with E-state index in [1.165, 1.54) is 0 Å².